The van der Waals surface area contributed by atoms with Gasteiger partial charge < -0.3 is 5.73 Å². The Labute approximate surface area is 107 Å². The van der Waals surface area contributed by atoms with Crippen molar-refractivity contribution < 1.29 is 0 Å². The third kappa shape index (κ3) is 1.80. The van der Waals surface area contributed by atoms with Crippen LogP contribution in [0.4, 0.5) is 5.95 Å². The Balaban J connectivity index is 2.20. The molecule has 2 aromatic carbocycles. The van der Waals surface area contributed by atoms with Gasteiger partial charge in [-0.25, -0.2) is 4.98 Å². The number of nitrogens with zero attached hydrogens (tertiary/aromatic N) is 2. The molecule has 1 heterocycles. The zero-order valence-corrected chi connectivity index (χ0v) is 10.6. The second kappa shape index (κ2) is 3.89. The highest BCUT2D eigenvalue weighted by atomic mass is 79.9. The van der Waals surface area contributed by atoms with Crippen molar-refractivity contribution in [3.8, 4) is 5.69 Å². The average molecular weight is 288 g/mol. The van der Waals surface area contributed by atoms with Crippen LogP contribution in [0, 0.1) is 0 Å². The maximum absolute atomic E-state index is 5.79. The number of aromatic nitrogens is 2. The molecule has 0 bridgehead atoms. The van der Waals surface area contributed by atoms with Gasteiger partial charge in [0.25, 0.3) is 0 Å². The van der Waals surface area contributed by atoms with Crippen LogP contribution in [0.2, 0.25) is 0 Å². The molecule has 0 fully saturated rings. The van der Waals surface area contributed by atoms with Gasteiger partial charge in [0.2, 0.25) is 5.95 Å². The summed E-state index contributed by atoms with van der Waals surface area (Å²) >= 11 is 3.47. The number of hydrogen-bond acceptors (Lipinski definition) is 2. The third-order valence-corrected chi connectivity index (χ3v) is 3.23. The van der Waals surface area contributed by atoms with Gasteiger partial charge in [0.05, 0.1) is 0 Å². The van der Waals surface area contributed by atoms with Crippen molar-refractivity contribution in [3.63, 3.8) is 0 Å². The van der Waals surface area contributed by atoms with Gasteiger partial charge in [-0.3, -0.25) is 4.57 Å². The zero-order chi connectivity index (χ0) is 11.8. The van der Waals surface area contributed by atoms with Gasteiger partial charge in [0, 0.05) is 22.6 Å². The Morgan fingerprint density at radius 1 is 1.06 bits per heavy atom. The number of rotatable bonds is 1. The van der Waals surface area contributed by atoms with Gasteiger partial charge in [-0.2, -0.15) is 0 Å². The molecule has 17 heavy (non-hydrogen) atoms. The summed E-state index contributed by atoms with van der Waals surface area (Å²) in [6.07, 6.45) is 3.55. The largest absolute Gasteiger partial charge is 0.369 e. The summed E-state index contributed by atoms with van der Waals surface area (Å²) in [5, 5.41) is 2.38. The van der Waals surface area contributed by atoms with Crippen LogP contribution in [0.5, 0.6) is 0 Å². The van der Waals surface area contributed by atoms with E-state index in [1.165, 1.54) is 10.8 Å². The standard InChI is InChI=1S/C13H10BrN3/c14-11-3-1-10-8-12(4-2-9(10)7-11)17-6-5-16-13(17)15/h1-8H,(H2,15,16). The molecule has 2 N–H and O–H groups in total. The van der Waals surface area contributed by atoms with Crippen molar-refractivity contribution >= 4 is 32.7 Å². The molecule has 0 radical (unpaired) electrons. The van der Waals surface area contributed by atoms with Gasteiger partial charge in [0.15, 0.2) is 0 Å². The molecular weight excluding hydrogens is 278 g/mol. The topological polar surface area (TPSA) is 43.8 Å². The lowest BCUT2D eigenvalue weighted by Crippen LogP contribution is -1.99. The van der Waals surface area contributed by atoms with Crippen LogP contribution in [0.1, 0.15) is 0 Å². The van der Waals surface area contributed by atoms with Crippen LogP contribution >= 0.6 is 15.9 Å². The van der Waals surface area contributed by atoms with E-state index in [1.807, 2.05) is 22.9 Å². The summed E-state index contributed by atoms with van der Waals surface area (Å²) in [6, 6.07) is 12.4. The van der Waals surface area contributed by atoms with E-state index in [2.05, 4.69) is 45.2 Å². The highest BCUT2D eigenvalue weighted by Crippen LogP contribution is 2.23. The number of imidazole rings is 1. The minimum Gasteiger partial charge on any atom is -0.369 e. The molecule has 1 aromatic heterocycles. The van der Waals surface area contributed by atoms with Gasteiger partial charge in [0.1, 0.15) is 0 Å². The van der Waals surface area contributed by atoms with Gasteiger partial charge in [-0.1, -0.05) is 28.1 Å². The van der Waals surface area contributed by atoms with Crippen LogP contribution in [-0.4, -0.2) is 9.55 Å². The average Bonchev–Trinajstić information content (AvgIpc) is 2.75. The number of hydrogen-bond donors (Lipinski definition) is 1. The molecule has 0 saturated carbocycles. The minimum absolute atomic E-state index is 0.501. The third-order valence-electron chi connectivity index (χ3n) is 2.73. The first-order valence-electron chi connectivity index (χ1n) is 5.22. The summed E-state index contributed by atoms with van der Waals surface area (Å²) in [5.74, 6) is 0.501. The maximum atomic E-state index is 5.79. The Bertz CT molecular complexity index is 688. The Morgan fingerprint density at radius 2 is 1.82 bits per heavy atom. The molecular formula is C13H10BrN3. The first-order valence-corrected chi connectivity index (χ1v) is 6.02. The van der Waals surface area contributed by atoms with Crippen molar-refractivity contribution in [3.05, 3.63) is 53.3 Å². The van der Waals surface area contributed by atoms with Crippen LogP contribution in [-0.2, 0) is 0 Å². The molecule has 0 amide bonds. The summed E-state index contributed by atoms with van der Waals surface area (Å²) in [5.41, 5.74) is 6.81. The molecule has 3 nitrogen and oxygen atoms in total. The molecule has 0 atom stereocenters. The maximum Gasteiger partial charge on any atom is 0.204 e. The first-order chi connectivity index (χ1) is 8.24. The fraction of sp³-hybridized carbons (Fsp3) is 0. The monoisotopic (exact) mass is 287 g/mol. The fourth-order valence-corrected chi connectivity index (χ4v) is 2.27. The second-order valence-electron chi connectivity index (χ2n) is 3.83. The van der Waals surface area contributed by atoms with Crippen molar-refractivity contribution in [1.29, 1.82) is 0 Å². The Kier molecular flexibility index (Phi) is 2.37. The summed E-state index contributed by atoms with van der Waals surface area (Å²) in [4.78, 5) is 4.02. The zero-order valence-electron chi connectivity index (χ0n) is 8.97. The molecule has 0 spiro atoms. The predicted molar refractivity (Wildman–Crippen MR) is 73.2 cm³/mol. The normalized spacial score (nSPS) is 10.9. The predicted octanol–water partition coefficient (Wildman–Crippen LogP) is 3.37. The number of fused-ring (bicyclic) bond motifs is 1. The van der Waals surface area contributed by atoms with Crippen molar-refractivity contribution in [2.45, 2.75) is 0 Å². The molecule has 0 saturated heterocycles. The van der Waals surface area contributed by atoms with Crippen molar-refractivity contribution in [2.24, 2.45) is 0 Å². The molecule has 3 aromatic rings. The van der Waals surface area contributed by atoms with Gasteiger partial charge in [-0.15, -0.1) is 0 Å². The Morgan fingerprint density at radius 3 is 2.59 bits per heavy atom. The highest BCUT2D eigenvalue weighted by molar-refractivity contribution is 9.10. The molecule has 3 rings (SSSR count). The van der Waals surface area contributed by atoms with Crippen LogP contribution in [0.15, 0.2) is 53.3 Å². The van der Waals surface area contributed by atoms with Crippen LogP contribution in [0.3, 0.4) is 0 Å². The molecule has 0 aliphatic heterocycles. The molecule has 0 unspecified atom stereocenters. The summed E-state index contributed by atoms with van der Waals surface area (Å²) < 4.78 is 2.95. The SMILES string of the molecule is Nc1nccn1-c1ccc2cc(Br)ccc2c1. The van der Waals surface area contributed by atoms with E-state index in [9.17, 15) is 0 Å². The molecule has 84 valence electrons. The van der Waals surface area contributed by atoms with E-state index >= 15 is 0 Å². The number of nitrogens with two attached hydrogens (primary N) is 1. The van der Waals surface area contributed by atoms with E-state index in [0.717, 1.165) is 10.2 Å². The highest BCUT2D eigenvalue weighted by Gasteiger charge is 2.02. The number of nitrogen functional groups attached to an aromatic ring is 1. The number of halogens is 1. The summed E-state index contributed by atoms with van der Waals surface area (Å²) in [6.45, 7) is 0. The van der Waals surface area contributed by atoms with Crippen LogP contribution < -0.4 is 5.73 Å². The lowest BCUT2D eigenvalue weighted by Gasteiger charge is -2.06. The Hall–Kier alpha value is -1.81. The van der Waals surface area contributed by atoms with Crippen LogP contribution in [0.25, 0.3) is 16.5 Å². The van der Waals surface area contributed by atoms with Crippen molar-refractivity contribution in [2.75, 3.05) is 5.73 Å². The quantitative estimate of drug-likeness (QED) is 0.746. The second-order valence-corrected chi connectivity index (χ2v) is 4.75. The van der Waals surface area contributed by atoms with E-state index in [1.54, 1.807) is 6.20 Å². The van der Waals surface area contributed by atoms with E-state index < -0.39 is 0 Å². The molecule has 4 heteroatoms. The van der Waals surface area contributed by atoms with E-state index in [4.69, 9.17) is 5.73 Å². The number of anilines is 1. The lowest BCUT2D eigenvalue weighted by atomic mass is 10.1. The summed E-state index contributed by atoms with van der Waals surface area (Å²) in [7, 11) is 0. The first kappa shape index (κ1) is 10.4. The molecule has 0 aliphatic carbocycles. The van der Waals surface area contributed by atoms with Gasteiger partial charge >= 0.3 is 0 Å². The lowest BCUT2D eigenvalue weighted by molar-refractivity contribution is 1.08. The minimum atomic E-state index is 0.501. The smallest absolute Gasteiger partial charge is 0.204 e. The van der Waals surface area contributed by atoms with E-state index in [-0.39, 0.29) is 0 Å². The van der Waals surface area contributed by atoms with E-state index in [0.29, 0.717) is 5.95 Å². The number of benzene rings is 2. The molecule has 0 aliphatic rings. The fourth-order valence-electron chi connectivity index (χ4n) is 1.89. The van der Waals surface area contributed by atoms with Gasteiger partial charge in [-0.05, 0) is 35.0 Å². The van der Waals surface area contributed by atoms with Crippen molar-refractivity contribution in [1.82, 2.24) is 9.55 Å².